The van der Waals surface area contributed by atoms with Crippen molar-refractivity contribution in [2.75, 3.05) is 0 Å². The highest BCUT2D eigenvalue weighted by Crippen LogP contribution is 2.58. The van der Waals surface area contributed by atoms with Crippen molar-refractivity contribution in [3.8, 4) is 0 Å². The van der Waals surface area contributed by atoms with Crippen LogP contribution in [0.2, 0.25) is 0 Å². The summed E-state index contributed by atoms with van der Waals surface area (Å²) in [6.07, 6.45) is 19.5. The molecule has 0 aromatic rings. The summed E-state index contributed by atoms with van der Waals surface area (Å²) in [5.74, 6) is 3.32. The minimum atomic E-state index is -0.142. The SMILES string of the molecule is CC1=C(/C=C/C2=CCC[C@@]3(C)[C@@H]2CC[C@@H]3[C@H](C)CCCC(C)C)C[C@@H](O)CC1. The monoisotopic (exact) mass is 384 g/mol. The summed E-state index contributed by atoms with van der Waals surface area (Å²) < 4.78 is 0. The van der Waals surface area contributed by atoms with Crippen LogP contribution >= 0.6 is 0 Å². The first-order chi connectivity index (χ1) is 13.3. The summed E-state index contributed by atoms with van der Waals surface area (Å²) in [5, 5.41) is 10.0. The highest BCUT2D eigenvalue weighted by molar-refractivity contribution is 5.36. The third-order valence-corrected chi connectivity index (χ3v) is 8.34. The van der Waals surface area contributed by atoms with Crippen LogP contribution in [0.1, 0.15) is 98.8 Å². The van der Waals surface area contributed by atoms with Gasteiger partial charge in [-0.05, 0) is 92.1 Å². The molecule has 28 heavy (non-hydrogen) atoms. The van der Waals surface area contributed by atoms with E-state index in [1.807, 2.05) is 0 Å². The van der Waals surface area contributed by atoms with E-state index in [-0.39, 0.29) is 6.10 Å². The molecule has 0 amide bonds. The van der Waals surface area contributed by atoms with E-state index >= 15 is 0 Å². The smallest absolute Gasteiger partial charge is 0.0583 e. The molecule has 0 unspecified atom stereocenters. The van der Waals surface area contributed by atoms with Gasteiger partial charge in [0.2, 0.25) is 0 Å². The molecule has 3 rings (SSSR count). The molecule has 5 atom stereocenters. The van der Waals surface area contributed by atoms with E-state index in [1.165, 1.54) is 56.1 Å². The fourth-order valence-corrected chi connectivity index (χ4v) is 6.51. The number of rotatable bonds is 7. The van der Waals surface area contributed by atoms with Crippen molar-refractivity contribution >= 4 is 0 Å². The van der Waals surface area contributed by atoms with Gasteiger partial charge >= 0.3 is 0 Å². The van der Waals surface area contributed by atoms with Crippen LogP contribution in [0.3, 0.4) is 0 Å². The quantitative estimate of drug-likeness (QED) is 0.478. The molecule has 0 spiro atoms. The third-order valence-electron chi connectivity index (χ3n) is 8.34. The van der Waals surface area contributed by atoms with Crippen LogP contribution in [0.5, 0.6) is 0 Å². The lowest BCUT2D eigenvalue weighted by Gasteiger charge is -2.43. The topological polar surface area (TPSA) is 20.2 Å². The Balaban J connectivity index is 1.67. The largest absolute Gasteiger partial charge is 0.393 e. The lowest BCUT2D eigenvalue weighted by molar-refractivity contribution is 0.107. The second kappa shape index (κ2) is 9.33. The van der Waals surface area contributed by atoms with Crippen molar-refractivity contribution in [3.63, 3.8) is 0 Å². The molecular weight excluding hydrogens is 340 g/mol. The first-order valence-corrected chi connectivity index (χ1v) is 12.1. The maximum Gasteiger partial charge on any atom is 0.0583 e. The molecule has 1 saturated carbocycles. The fourth-order valence-electron chi connectivity index (χ4n) is 6.51. The summed E-state index contributed by atoms with van der Waals surface area (Å²) in [4.78, 5) is 0. The molecule has 0 saturated heterocycles. The molecule has 0 aromatic carbocycles. The van der Waals surface area contributed by atoms with Crippen molar-refractivity contribution < 1.29 is 5.11 Å². The normalized spacial score (nSPS) is 34.8. The molecule has 1 nitrogen and oxygen atoms in total. The molecule has 0 heterocycles. The van der Waals surface area contributed by atoms with E-state index in [1.54, 1.807) is 5.57 Å². The van der Waals surface area contributed by atoms with Crippen LogP contribution < -0.4 is 0 Å². The van der Waals surface area contributed by atoms with Crippen molar-refractivity contribution in [1.82, 2.24) is 0 Å². The maximum absolute atomic E-state index is 10.0. The Morgan fingerprint density at radius 3 is 2.68 bits per heavy atom. The van der Waals surface area contributed by atoms with Gasteiger partial charge in [0.05, 0.1) is 6.10 Å². The fraction of sp³-hybridized carbons (Fsp3) is 0.778. The first-order valence-electron chi connectivity index (χ1n) is 12.1. The molecule has 0 aliphatic heterocycles. The van der Waals surface area contributed by atoms with Gasteiger partial charge in [0.25, 0.3) is 0 Å². The van der Waals surface area contributed by atoms with Crippen molar-refractivity contribution in [1.29, 1.82) is 0 Å². The Kier molecular flexibility index (Phi) is 7.29. The van der Waals surface area contributed by atoms with Gasteiger partial charge in [-0.1, -0.05) is 70.8 Å². The van der Waals surface area contributed by atoms with Gasteiger partial charge < -0.3 is 5.11 Å². The minimum Gasteiger partial charge on any atom is -0.393 e. The van der Waals surface area contributed by atoms with E-state index in [0.717, 1.165) is 42.9 Å². The maximum atomic E-state index is 10.0. The van der Waals surface area contributed by atoms with Gasteiger partial charge in [-0.25, -0.2) is 0 Å². The number of fused-ring (bicyclic) bond motifs is 1. The van der Waals surface area contributed by atoms with Crippen molar-refractivity contribution in [2.24, 2.45) is 29.1 Å². The first kappa shape index (κ1) is 21.9. The standard InChI is InChI=1S/C27H44O/c1-19(2)8-6-9-21(4)25-15-16-26-22(10-7-17-27(25,26)5)12-13-23-18-24(28)14-11-20(23)3/h10,12-13,19,21,24-26,28H,6-9,11,14-18H2,1-5H3/b13-12+/t21-,24+,25-,26-,27-/m1/s1. The van der Waals surface area contributed by atoms with E-state index in [9.17, 15) is 5.11 Å². The van der Waals surface area contributed by atoms with Gasteiger partial charge in [-0.15, -0.1) is 0 Å². The molecule has 3 aliphatic carbocycles. The Labute approximate surface area is 174 Å². The number of aliphatic hydroxyl groups excluding tert-OH is 1. The highest BCUT2D eigenvalue weighted by Gasteiger charge is 2.49. The molecule has 1 fully saturated rings. The second-order valence-electron chi connectivity index (χ2n) is 10.8. The third kappa shape index (κ3) is 4.84. The Morgan fingerprint density at radius 2 is 1.93 bits per heavy atom. The van der Waals surface area contributed by atoms with E-state index in [4.69, 9.17) is 0 Å². The Hall–Kier alpha value is -0.820. The van der Waals surface area contributed by atoms with Crippen LogP contribution in [-0.2, 0) is 0 Å². The molecule has 3 aliphatic rings. The lowest BCUT2D eigenvalue weighted by Crippen LogP contribution is -2.35. The van der Waals surface area contributed by atoms with Gasteiger partial charge in [0.1, 0.15) is 0 Å². The molecular formula is C27H44O. The van der Waals surface area contributed by atoms with Crippen molar-refractivity contribution in [2.45, 2.75) is 105 Å². The Bertz CT molecular complexity index is 622. The lowest BCUT2D eigenvalue weighted by atomic mass is 9.62. The summed E-state index contributed by atoms with van der Waals surface area (Å²) in [6.45, 7) is 12.1. The average molecular weight is 385 g/mol. The van der Waals surface area contributed by atoms with Crippen LogP contribution in [-0.4, -0.2) is 11.2 Å². The zero-order valence-corrected chi connectivity index (χ0v) is 19.1. The van der Waals surface area contributed by atoms with Crippen LogP contribution in [0, 0.1) is 29.1 Å². The summed E-state index contributed by atoms with van der Waals surface area (Å²) in [6, 6.07) is 0. The van der Waals surface area contributed by atoms with Crippen LogP contribution in [0.4, 0.5) is 0 Å². The Morgan fingerprint density at radius 1 is 1.14 bits per heavy atom. The summed E-state index contributed by atoms with van der Waals surface area (Å²) in [7, 11) is 0. The molecule has 1 heteroatoms. The minimum absolute atomic E-state index is 0.142. The molecule has 1 N–H and O–H groups in total. The predicted octanol–water partition coefficient (Wildman–Crippen LogP) is 7.62. The van der Waals surface area contributed by atoms with Gasteiger partial charge in [0, 0.05) is 0 Å². The predicted molar refractivity (Wildman–Crippen MR) is 121 cm³/mol. The van der Waals surface area contributed by atoms with Gasteiger partial charge in [-0.3, -0.25) is 0 Å². The number of hydrogen-bond donors (Lipinski definition) is 1. The highest BCUT2D eigenvalue weighted by atomic mass is 16.3. The second-order valence-corrected chi connectivity index (χ2v) is 10.8. The number of aliphatic hydroxyl groups is 1. The number of hydrogen-bond acceptors (Lipinski definition) is 1. The van der Waals surface area contributed by atoms with Crippen LogP contribution in [0.15, 0.2) is 34.9 Å². The molecule has 0 bridgehead atoms. The van der Waals surface area contributed by atoms with E-state index in [0.29, 0.717) is 5.41 Å². The molecule has 158 valence electrons. The molecule has 0 aromatic heterocycles. The van der Waals surface area contributed by atoms with E-state index < -0.39 is 0 Å². The van der Waals surface area contributed by atoms with Crippen LogP contribution in [0.25, 0.3) is 0 Å². The molecule has 0 radical (unpaired) electrons. The average Bonchev–Trinajstić information content (AvgIpc) is 2.99. The zero-order valence-electron chi connectivity index (χ0n) is 19.1. The zero-order chi connectivity index (χ0) is 20.3. The van der Waals surface area contributed by atoms with Gasteiger partial charge in [0.15, 0.2) is 0 Å². The summed E-state index contributed by atoms with van der Waals surface area (Å²) in [5.41, 5.74) is 4.93. The van der Waals surface area contributed by atoms with Gasteiger partial charge in [-0.2, -0.15) is 0 Å². The van der Waals surface area contributed by atoms with Crippen molar-refractivity contribution in [3.05, 3.63) is 34.9 Å². The van der Waals surface area contributed by atoms with E-state index in [2.05, 4.69) is 52.8 Å². The summed E-state index contributed by atoms with van der Waals surface area (Å²) >= 11 is 0. The number of allylic oxidation sites excluding steroid dienone is 5.